The van der Waals surface area contributed by atoms with Gasteiger partial charge >= 0.3 is 0 Å². The van der Waals surface area contributed by atoms with Crippen molar-refractivity contribution in [2.45, 2.75) is 40.3 Å². The van der Waals surface area contributed by atoms with Crippen LogP contribution in [0.5, 0.6) is 0 Å². The summed E-state index contributed by atoms with van der Waals surface area (Å²) in [6.45, 7) is 7.79. The van der Waals surface area contributed by atoms with E-state index in [4.69, 9.17) is 0 Å². The van der Waals surface area contributed by atoms with Crippen LogP contribution in [0.25, 0.3) is 0 Å². The first-order chi connectivity index (χ1) is 9.60. The van der Waals surface area contributed by atoms with Crippen molar-refractivity contribution >= 4 is 11.6 Å². The Kier molecular flexibility index (Phi) is 4.55. The van der Waals surface area contributed by atoms with E-state index in [1.54, 1.807) is 17.0 Å². The molecule has 0 bridgehead atoms. The third kappa shape index (κ3) is 3.46. The second kappa shape index (κ2) is 6.36. The molecule has 0 unspecified atom stereocenters. The molecule has 0 saturated heterocycles. The lowest BCUT2D eigenvalue weighted by atomic mass is 10.1. The Labute approximate surface area is 118 Å². The molecule has 0 spiro atoms. The number of hydrogen-bond acceptors (Lipinski definition) is 4. The quantitative estimate of drug-likeness (QED) is 0.878. The summed E-state index contributed by atoms with van der Waals surface area (Å²) >= 11 is 0. The number of aryl methyl sites for hydroxylation is 2. The normalized spacial score (nSPS) is 11.0. The Balaban J connectivity index is 2.09. The minimum Gasteiger partial charge on any atom is -0.319 e. The van der Waals surface area contributed by atoms with Crippen molar-refractivity contribution < 1.29 is 0 Å². The summed E-state index contributed by atoms with van der Waals surface area (Å²) in [6.07, 6.45) is 6.27. The van der Waals surface area contributed by atoms with Crippen LogP contribution in [0.3, 0.4) is 0 Å². The molecule has 0 aliphatic heterocycles. The highest BCUT2D eigenvalue weighted by atomic mass is 16.1. The van der Waals surface area contributed by atoms with Gasteiger partial charge in [0.2, 0.25) is 0 Å². The standard InChI is InChI=1S/C14H21N5O/c1-4-18-10-7-15-13(14(18)20)16-12-6-9-19(17-12)8-5-11(2)3/h6-7,9-11H,4-5,8H2,1-3H3,(H,15,16,17). The highest BCUT2D eigenvalue weighted by molar-refractivity contribution is 5.49. The van der Waals surface area contributed by atoms with Gasteiger partial charge in [0.1, 0.15) is 0 Å². The molecule has 0 aromatic carbocycles. The molecule has 2 rings (SSSR count). The number of anilines is 2. The molecule has 0 aliphatic carbocycles. The van der Waals surface area contributed by atoms with Gasteiger partial charge in [-0.2, -0.15) is 5.10 Å². The molecule has 0 radical (unpaired) electrons. The Bertz CT molecular complexity index is 614. The Morgan fingerprint density at radius 1 is 1.35 bits per heavy atom. The van der Waals surface area contributed by atoms with Gasteiger partial charge in [-0.1, -0.05) is 13.8 Å². The molecule has 0 amide bonds. The van der Waals surface area contributed by atoms with Gasteiger partial charge in [-0.05, 0) is 19.3 Å². The van der Waals surface area contributed by atoms with E-state index < -0.39 is 0 Å². The van der Waals surface area contributed by atoms with Crippen LogP contribution in [0, 0.1) is 5.92 Å². The van der Waals surface area contributed by atoms with E-state index in [0.29, 0.717) is 24.1 Å². The van der Waals surface area contributed by atoms with E-state index in [9.17, 15) is 4.79 Å². The lowest BCUT2D eigenvalue weighted by Crippen LogP contribution is -2.22. The topological polar surface area (TPSA) is 64.7 Å². The second-order valence-electron chi connectivity index (χ2n) is 5.14. The maximum absolute atomic E-state index is 12.0. The molecule has 0 fully saturated rings. The second-order valence-corrected chi connectivity index (χ2v) is 5.14. The van der Waals surface area contributed by atoms with Crippen molar-refractivity contribution in [2.24, 2.45) is 5.92 Å². The number of hydrogen-bond donors (Lipinski definition) is 1. The number of nitrogens with one attached hydrogen (secondary N) is 1. The van der Waals surface area contributed by atoms with Gasteiger partial charge < -0.3 is 9.88 Å². The molecule has 2 aromatic rings. The van der Waals surface area contributed by atoms with Gasteiger partial charge in [0.25, 0.3) is 5.56 Å². The van der Waals surface area contributed by atoms with E-state index in [2.05, 4.69) is 29.2 Å². The molecule has 108 valence electrons. The van der Waals surface area contributed by atoms with E-state index >= 15 is 0 Å². The summed E-state index contributed by atoms with van der Waals surface area (Å²) in [5.41, 5.74) is -0.133. The molecule has 6 heteroatoms. The van der Waals surface area contributed by atoms with Crippen LogP contribution in [0.1, 0.15) is 27.2 Å². The van der Waals surface area contributed by atoms with Gasteiger partial charge in [0.15, 0.2) is 11.6 Å². The zero-order valence-corrected chi connectivity index (χ0v) is 12.2. The third-order valence-electron chi connectivity index (χ3n) is 3.08. The summed E-state index contributed by atoms with van der Waals surface area (Å²) in [7, 11) is 0. The first-order valence-electron chi connectivity index (χ1n) is 6.96. The highest BCUT2D eigenvalue weighted by Crippen LogP contribution is 2.09. The summed E-state index contributed by atoms with van der Waals surface area (Å²) in [6, 6.07) is 1.85. The largest absolute Gasteiger partial charge is 0.319 e. The molecule has 0 atom stereocenters. The highest BCUT2D eigenvalue weighted by Gasteiger charge is 2.06. The van der Waals surface area contributed by atoms with Crippen molar-refractivity contribution in [3.8, 4) is 0 Å². The van der Waals surface area contributed by atoms with Crippen LogP contribution in [-0.4, -0.2) is 19.3 Å². The van der Waals surface area contributed by atoms with Crippen LogP contribution in [-0.2, 0) is 13.1 Å². The van der Waals surface area contributed by atoms with E-state index in [1.165, 1.54) is 0 Å². The minimum absolute atomic E-state index is 0.133. The fourth-order valence-corrected chi connectivity index (χ4v) is 1.85. The van der Waals surface area contributed by atoms with Crippen molar-refractivity contribution in [1.29, 1.82) is 0 Å². The van der Waals surface area contributed by atoms with Crippen molar-refractivity contribution in [3.05, 3.63) is 35.0 Å². The van der Waals surface area contributed by atoms with Gasteiger partial charge in [0, 0.05) is 37.7 Å². The SMILES string of the molecule is CCn1ccnc(Nc2ccn(CCC(C)C)n2)c1=O. The molecular weight excluding hydrogens is 254 g/mol. The summed E-state index contributed by atoms with van der Waals surface area (Å²) in [5, 5.41) is 7.37. The lowest BCUT2D eigenvalue weighted by Gasteiger charge is -2.06. The molecule has 2 aromatic heterocycles. The first-order valence-corrected chi connectivity index (χ1v) is 6.96. The molecular formula is C14H21N5O. The maximum Gasteiger partial charge on any atom is 0.293 e. The van der Waals surface area contributed by atoms with Gasteiger partial charge in [0.05, 0.1) is 0 Å². The maximum atomic E-state index is 12.0. The molecule has 0 saturated carbocycles. The average molecular weight is 275 g/mol. The van der Waals surface area contributed by atoms with E-state index in [-0.39, 0.29) is 5.56 Å². The van der Waals surface area contributed by atoms with Crippen LogP contribution in [0.2, 0.25) is 0 Å². The van der Waals surface area contributed by atoms with Gasteiger partial charge in [-0.25, -0.2) is 4.98 Å². The Morgan fingerprint density at radius 2 is 2.15 bits per heavy atom. The smallest absolute Gasteiger partial charge is 0.293 e. The van der Waals surface area contributed by atoms with Crippen LogP contribution in [0.15, 0.2) is 29.5 Å². The first kappa shape index (κ1) is 14.3. The van der Waals surface area contributed by atoms with E-state index in [0.717, 1.165) is 13.0 Å². The predicted octanol–water partition coefficient (Wildman–Crippen LogP) is 2.25. The molecule has 20 heavy (non-hydrogen) atoms. The molecule has 1 N–H and O–H groups in total. The Morgan fingerprint density at radius 3 is 2.85 bits per heavy atom. The lowest BCUT2D eigenvalue weighted by molar-refractivity contribution is 0.488. The fraction of sp³-hybridized carbons (Fsp3) is 0.500. The van der Waals surface area contributed by atoms with Gasteiger partial charge in [-0.15, -0.1) is 0 Å². The summed E-state index contributed by atoms with van der Waals surface area (Å²) < 4.78 is 3.48. The van der Waals surface area contributed by atoms with Crippen molar-refractivity contribution in [1.82, 2.24) is 19.3 Å². The van der Waals surface area contributed by atoms with Crippen molar-refractivity contribution in [2.75, 3.05) is 5.32 Å². The fourth-order valence-electron chi connectivity index (χ4n) is 1.85. The van der Waals surface area contributed by atoms with E-state index in [1.807, 2.05) is 23.9 Å². The number of rotatable bonds is 6. The number of aromatic nitrogens is 4. The van der Waals surface area contributed by atoms with Crippen LogP contribution < -0.4 is 10.9 Å². The monoisotopic (exact) mass is 275 g/mol. The predicted molar refractivity (Wildman–Crippen MR) is 79.1 cm³/mol. The van der Waals surface area contributed by atoms with Crippen LogP contribution in [0.4, 0.5) is 11.6 Å². The Hall–Kier alpha value is -2.11. The number of nitrogens with zero attached hydrogens (tertiary/aromatic N) is 4. The zero-order valence-electron chi connectivity index (χ0n) is 12.2. The third-order valence-corrected chi connectivity index (χ3v) is 3.08. The summed E-state index contributed by atoms with van der Waals surface area (Å²) in [4.78, 5) is 16.1. The molecule has 6 nitrogen and oxygen atoms in total. The van der Waals surface area contributed by atoms with Crippen LogP contribution >= 0.6 is 0 Å². The average Bonchev–Trinajstić information content (AvgIpc) is 2.86. The van der Waals surface area contributed by atoms with Crippen molar-refractivity contribution in [3.63, 3.8) is 0 Å². The van der Waals surface area contributed by atoms with Gasteiger partial charge in [-0.3, -0.25) is 9.48 Å². The zero-order chi connectivity index (χ0) is 14.5. The molecule has 2 heterocycles. The molecule has 0 aliphatic rings. The minimum atomic E-state index is -0.133. The summed E-state index contributed by atoms with van der Waals surface area (Å²) in [5.74, 6) is 1.60.